The summed E-state index contributed by atoms with van der Waals surface area (Å²) in [4.78, 5) is 4.42. The summed E-state index contributed by atoms with van der Waals surface area (Å²) in [6.07, 6.45) is 6.08. The lowest BCUT2D eigenvalue weighted by atomic mass is 10.1. The van der Waals surface area contributed by atoms with Crippen molar-refractivity contribution in [1.82, 2.24) is 0 Å². The standard InChI is InChI=1S/C8H8ClNS/c1-5-10-8-6(9)3-2-4-7(8)11-5/h2-4,7-8H,1H3. The molecule has 3 heteroatoms. The molecule has 1 heterocycles. The van der Waals surface area contributed by atoms with Crippen molar-refractivity contribution < 1.29 is 0 Å². The first kappa shape index (κ1) is 7.44. The van der Waals surface area contributed by atoms with Crippen LogP contribution >= 0.6 is 23.4 Å². The molecule has 1 aliphatic heterocycles. The molecule has 0 saturated carbocycles. The van der Waals surface area contributed by atoms with E-state index in [1.54, 1.807) is 11.8 Å². The van der Waals surface area contributed by atoms with Gasteiger partial charge in [-0.15, -0.1) is 11.8 Å². The maximum absolute atomic E-state index is 5.97. The maximum atomic E-state index is 5.97. The molecule has 0 saturated heterocycles. The molecular formula is C8H8ClNS. The highest BCUT2D eigenvalue weighted by molar-refractivity contribution is 8.14. The molecule has 11 heavy (non-hydrogen) atoms. The molecule has 2 unspecified atom stereocenters. The average molecular weight is 186 g/mol. The number of aliphatic imine (C=N–C) groups is 1. The Balaban J connectivity index is 2.30. The second-order valence-electron chi connectivity index (χ2n) is 2.61. The Bertz CT molecular complexity index is 267. The zero-order valence-corrected chi connectivity index (χ0v) is 7.69. The van der Waals surface area contributed by atoms with Crippen LogP contribution < -0.4 is 0 Å². The van der Waals surface area contributed by atoms with Gasteiger partial charge in [0.05, 0.1) is 10.3 Å². The topological polar surface area (TPSA) is 12.4 Å². The van der Waals surface area contributed by atoms with Gasteiger partial charge in [-0.2, -0.15) is 0 Å². The van der Waals surface area contributed by atoms with E-state index in [2.05, 4.69) is 11.1 Å². The summed E-state index contributed by atoms with van der Waals surface area (Å²) < 4.78 is 0. The molecule has 0 aromatic rings. The van der Waals surface area contributed by atoms with E-state index in [4.69, 9.17) is 11.6 Å². The predicted octanol–water partition coefficient (Wildman–Crippen LogP) is 2.58. The third-order valence-corrected chi connectivity index (χ3v) is 3.26. The lowest BCUT2D eigenvalue weighted by molar-refractivity contribution is 0.845. The van der Waals surface area contributed by atoms with Crippen LogP contribution in [0.2, 0.25) is 0 Å². The molecule has 1 nitrogen and oxygen atoms in total. The number of hydrogen-bond acceptors (Lipinski definition) is 2. The first-order valence-corrected chi connectivity index (χ1v) is 4.78. The van der Waals surface area contributed by atoms with E-state index in [9.17, 15) is 0 Å². The number of fused-ring (bicyclic) bond motifs is 1. The van der Waals surface area contributed by atoms with Gasteiger partial charge < -0.3 is 0 Å². The molecule has 2 aliphatic rings. The van der Waals surface area contributed by atoms with E-state index in [1.165, 1.54) is 0 Å². The largest absolute Gasteiger partial charge is 0.273 e. The Morgan fingerprint density at radius 1 is 1.64 bits per heavy atom. The molecule has 0 N–H and O–H groups in total. The van der Waals surface area contributed by atoms with Gasteiger partial charge in [0.1, 0.15) is 6.04 Å². The van der Waals surface area contributed by atoms with Crippen molar-refractivity contribution in [3.63, 3.8) is 0 Å². The number of halogens is 1. The Morgan fingerprint density at radius 3 is 3.18 bits per heavy atom. The van der Waals surface area contributed by atoms with E-state index in [0.29, 0.717) is 5.25 Å². The Labute approximate surface area is 75.2 Å². The Hall–Kier alpha value is -0.210. The van der Waals surface area contributed by atoms with Crippen molar-refractivity contribution in [1.29, 1.82) is 0 Å². The normalized spacial score (nSPS) is 34.7. The second-order valence-corrected chi connectivity index (χ2v) is 4.42. The van der Waals surface area contributed by atoms with Gasteiger partial charge in [0.15, 0.2) is 0 Å². The summed E-state index contributed by atoms with van der Waals surface area (Å²) in [6, 6.07) is 0.201. The zero-order valence-electron chi connectivity index (χ0n) is 6.12. The number of allylic oxidation sites excluding steroid dienone is 2. The van der Waals surface area contributed by atoms with Crippen LogP contribution in [0.5, 0.6) is 0 Å². The Morgan fingerprint density at radius 2 is 2.45 bits per heavy atom. The average Bonchev–Trinajstić information content (AvgIpc) is 2.31. The summed E-state index contributed by atoms with van der Waals surface area (Å²) in [5, 5.41) is 2.45. The fourth-order valence-electron chi connectivity index (χ4n) is 1.28. The first-order valence-electron chi connectivity index (χ1n) is 3.52. The van der Waals surface area contributed by atoms with Gasteiger partial charge in [0, 0.05) is 5.03 Å². The molecule has 1 aliphatic carbocycles. The monoisotopic (exact) mass is 185 g/mol. The first-order chi connectivity index (χ1) is 5.27. The number of thioether (sulfide) groups is 1. The zero-order chi connectivity index (χ0) is 7.84. The van der Waals surface area contributed by atoms with Gasteiger partial charge in [0.2, 0.25) is 0 Å². The summed E-state index contributed by atoms with van der Waals surface area (Å²) in [7, 11) is 0. The van der Waals surface area contributed by atoms with Crippen LogP contribution in [0.3, 0.4) is 0 Å². The third-order valence-electron chi connectivity index (χ3n) is 1.78. The summed E-state index contributed by atoms with van der Waals surface area (Å²) in [6.45, 7) is 2.03. The van der Waals surface area contributed by atoms with Gasteiger partial charge >= 0.3 is 0 Å². The fourth-order valence-corrected chi connectivity index (χ4v) is 2.69. The van der Waals surface area contributed by atoms with Crippen LogP contribution in [-0.4, -0.2) is 16.3 Å². The molecule has 0 aromatic carbocycles. The van der Waals surface area contributed by atoms with Gasteiger partial charge in [-0.3, -0.25) is 4.99 Å². The van der Waals surface area contributed by atoms with Crippen LogP contribution in [0.4, 0.5) is 0 Å². The summed E-state index contributed by atoms with van der Waals surface area (Å²) in [5.74, 6) is 0. The molecule has 2 atom stereocenters. The van der Waals surface area contributed by atoms with E-state index >= 15 is 0 Å². The lowest BCUT2D eigenvalue weighted by Crippen LogP contribution is -2.17. The van der Waals surface area contributed by atoms with E-state index in [-0.39, 0.29) is 6.04 Å². The van der Waals surface area contributed by atoms with E-state index in [0.717, 1.165) is 10.1 Å². The van der Waals surface area contributed by atoms with Crippen molar-refractivity contribution in [2.24, 2.45) is 4.99 Å². The highest BCUT2D eigenvalue weighted by atomic mass is 35.5. The second kappa shape index (κ2) is 2.68. The SMILES string of the molecule is CC1=NC2C(Cl)=CC=CC2S1. The van der Waals surface area contributed by atoms with Gasteiger partial charge in [0.25, 0.3) is 0 Å². The van der Waals surface area contributed by atoms with Crippen molar-refractivity contribution in [2.75, 3.05) is 0 Å². The minimum Gasteiger partial charge on any atom is -0.273 e. The third kappa shape index (κ3) is 1.25. The maximum Gasteiger partial charge on any atom is 0.102 e. The minimum atomic E-state index is 0.201. The number of rotatable bonds is 0. The highest BCUT2D eigenvalue weighted by Gasteiger charge is 2.29. The summed E-state index contributed by atoms with van der Waals surface area (Å²) in [5.41, 5.74) is 0. The molecule has 58 valence electrons. The van der Waals surface area contributed by atoms with Gasteiger partial charge in [-0.05, 0) is 13.0 Å². The molecule has 0 radical (unpaired) electrons. The van der Waals surface area contributed by atoms with Crippen LogP contribution in [0, 0.1) is 0 Å². The van der Waals surface area contributed by atoms with E-state index in [1.807, 2.05) is 19.1 Å². The Kier molecular flexibility index (Phi) is 1.81. The van der Waals surface area contributed by atoms with Gasteiger partial charge in [-0.1, -0.05) is 23.8 Å². The van der Waals surface area contributed by atoms with Crippen molar-refractivity contribution in [3.8, 4) is 0 Å². The van der Waals surface area contributed by atoms with Crippen molar-refractivity contribution in [3.05, 3.63) is 23.3 Å². The quantitative estimate of drug-likeness (QED) is 0.565. The smallest absolute Gasteiger partial charge is 0.102 e. The molecule has 0 spiro atoms. The van der Waals surface area contributed by atoms with Crippen LogP contribution in [-0.2, 0) is 0 Å². The number of hydrogen-bond donors (Lipinski definition) is 0. The van der Waals surface area contributed by atoms with Crippen molar-refractivity contribution >= 4 is 28.4 Å². The summed E-state index contributed by atoms with van der Waals surface area (Å²) >= 11 is 7.76. The van der Waals surface area contributed by atoms with Gasteiger partial charge in [-0.25, -0.2) is 0 Å². The molecular weight excluding hydrogens is 178 g/mol. The fraction of sp³-hybridized carbons (Fsp3) is 0.375. The van der Waals surface area contributed by atoms with E-state index < -0.39 is 0 Å². The lowest BCUT2D eigenvalue weighted by Gasteiger charge is -2.15. The molecule has 0 bridgehead atoms. The van der Waals surface area contributed by atoms with Crippen LogP contribution in [0.15, 0.2) is 28.3 Å². The minimum absolute atomic E-state index is 0.201. The van der Waals surface area contributed by atoms with Crippen LogP contribution in [0.1, 0.15) is 6.92 Å². The predicted molar refractivity (Wildman–Crippen MR) is 51.4 cm³/mol. The molecule has 0 amide bonds. The molecule has 2 rings (SSSR count). The number of nitrogens with zero attached hydrogens (tertiary/aromatic N) is 1. The van der Waals surface area contributed by atoms with Crippen LogP contribution in [0.25, 0.3) is 0 Å². The molecule has 0 fully saturated rings. The highest BCUT2D eigenvalue weighted by Crippen LogP contribution is 2.35. The van der Waals surface area contributed by atoms with Crippen molar-refractivity contribution in [2.45, 2.75) is 18.2 Å². The molecule has 0 aromatic heterocycles.